The first kappa shape index (κ1) is 22.1. The molecule has 2 aromatic heterocycles. The van der Waals surface area contributed by atoms with Crippen LogP contribution in [0.3, 0.4) is 0 Å². The summed E-state index contributed by atoms with van der Waals surface area (Å²) in [7, 11) is 1.57. The van der Waals surface area contributed by atoms with Crippen LogP contribution in [-0.2, 0) is 12.7 Å². The molecule has 0 atom stereocenters. The van der Waals surface area contributed by atoms with Gasteiger partial charge in [-0.15, -0.1) is 0 Å². The van der Waals surface area contributed by atoms with E-state index in [-0.39, 0.29) is 12.1 Å². The second-order valence-corrected chi connectivity index (χ2v) is 7.23. The average molecular weight is 453 g/mol. The van der Waals surface area contributed by atoms with Crippen LogP contribution in [0.1, 0.15) is 21.5 Å². The van der Waals surface area contributed by atoms with Crippen LogP contribution in [0.25, 0.3) is 16.8 Å². The lowest BCUT2D eigenvalue weighted by atomic mass is 10.1. The lowest BCUT2D eigenvalue weighted by molar-refractivity contribution is -0.137. The smallest absolute Gasteiger partial charge is 0.416 e. The van der Waals surface area contributed by atoms with Crippen molar-refractivity contribution in [3.05, 3.63) is 100 Å². The maximum Gasteiger partial charge on any atom is 0.416 e. The van der Waals surface area contributed by atoms with Gasteiger partial charge >= 0.3 is 6.18 Å². The number of ether oxygens (including phenoxy) is 1. The van der Waals surface area contributed by atoms with E-state index < -0.39 is 23.2 Å². The molecule has 0 saturated heterocycles. The third-order valence-electron chi connectivity index (χ3n) is 5.10. The first-order valence-corrected chi connectivity index (χ1v) is 9.86. The van der Waals surface area contributed by atoms with Crippen molar-refractivity contribution in [3.8, 4) is 16.9 Å². The Morgan fingerprint density at radius 2 is 1.67 bits per heavy atom. The fourth-order valence-corrected chi connectivity index (χ4v) is 3.28. The number of rotatable bonds is 5. The zero-order chi connectivity index (χ0) is 23.6. The number of fused-ring (bicyclic) bond motifs is 1. The molecule has 1 N–H and O–H groups in total. The first-order chi connectivity index (χ1) is 15.8. The Labute approximate surface area is 186 Å². The summed E-state index contributed by atoms with van der Waals surface area (Å²) in [6.45, 7) is -0.0367. The van der Waals surface area contributed by atoms with Crippen LogP contribution in [0.2, 0.25) is 0 Å². The zero-order valence-electron chi connectivity index (χ0n) is 17.4. The van der Waals surface area contributed by atoms with E-state index >= 15 is 0 Å². The highest BCUT2D eigenvalue weighted by molar-refractivity contribution is 5.93. The highest BCUT2D eigenvalue weighted by Gasteiger charge is 2.29. The lowest BCUT2D eigenvalue weighted by Crippen LogP contribution is -2.31. The minimum atomic E-state index is -4.43. The van der Waals surface area contributed by atoms with Gasteiger partial charge in [-0.1, -0.05) is 24.3 Å². The number of carbonyl (C=O) groups is 1. The number of nitrogens with zero attached hydrogens (tertiary/aromatic N) is 2. The molecule has 0 aliphatic carbocycles. The van der Waals surface area contributed by atoms with Gasteiger partial charge in [0.15, 0.2) is 0 Å². The second kappa shape index (κ2) is 8.78. The molecule has 0 aliphatic rings. The van der Waals surface area contributed by atoms with Gasteiger partial charge in [0.2, 0.25) is 0 Å². The van der Waals surface area contributed by atoms with Crippen molar-refractivity contribution in [2.24, 2.45) is 0 Å². The van der Waals surface area contributed by atoms with Gasteiger partial charge in [0.05, 0.1) is 12.7 Å². The summed E-state index contributed by atoms with van der Waals surface area (Å²) in [5.41, 5.74) is 0.926. The Morgan fingerprint density at radius 1 is 1.00 bits per heavy atom. The van der Waals surface area contributed by atoms with Crippen molar-refractivity contribution >= 4 is 11.6 Å². The standard InChI is InChI=1S/C24H18F3N3O3/c1-33-19-9-4-16(5-10-19)17-6-11-21-28-13-20(23(32)30(21)14-17)22(31)29-12-15-2-7-18(8-3-15)24(25,26)27/h2-11,13-14H,12H2,1H3,(H,29,31). The predicted octanol–water partition coefficient (Wildman–Crippen LogP) is 4.32. The Kier molecular flexibility index (Phi) is 5.87. The van der Waals surface area contributed by atoms with Gasteiger partial charge in [0, 0.05) is 18.9 Å². The molecule has 4 rings (SSSR count). The topological polar surface area (TPSA) is 72.7 Å². The molecular weight excluding hydrogens is 435 g/mol. The Morgan fingerprint density at radius 3 is 2.30 bits per heavy atom. The molecule has 4 aromatic rings. The number of halogens is 3. The molecule has 6 nitrogen and oxygen atoms in total. The third kappa shape index (κ3) is 4.72. The molecule has 2 heterocycles. The van der Waals surface area contributed by atoms with E-state index in [1.807, 2.05) is 18.2 Å². The van der Waals surface area contributed by atoms with Crippen LogP contribution in [0, 0.1) is 0 Å². The number of nitrogens with one attached hydrogen (secondary N) is 1. The highest BCUT2D eigenvalue weighted by Crippen LogP contribution is 2.29. The van der Waals surface area contributed by atoms with E-state index in [4.69, 9.17) is 4.74 Å². The molecule has 168 valence electrons. The monoisotopic (exact) mass is 453 g/mol. The molecule has 0 bridgehead atoms. The molecule has 1 amide bonds. The summed E-state index contributed by atoms with van der Waals surface area (Å²) >= 11 is 0. The minimum absolute atomic E-state index is 0.0367. The van der Waals surface area contributed by atoms with Crippen molar-refractivity contribution in [3.63, 3.8) is 0 Å². The minimum Gasteiger partial charge on any atom is -0.497 e. The number of benzene rings is 2. The number of methoxy groups -OCH3 is 1. The number of hydrogen-bond acceptors (Lipinski definition) is 4. The van der Waals surface area contributed by atoms with Crippen molar-refractivity contribution < 1.29 is 22.7 Å². The van der Waals surface area contributed by atoms with Crippen LogP contribution >= 0.6 is 0 Å². The average Bonchev–Trinajstić information content (AvgIpc) is 2.82. The van der Waals surface area contributed by atoms with Crippen molar-refractivity contribution in [2.75, 3.05) is 7.11 Å². The number of alkyl halides is 3. The summed E-state index contributed by atoms with van der Waals surface area (Å²) in [4.78, 5) is 29.7. The second-order valence-electron chi connectivity index (χ2n) is 7.23. The molecule has 0 unspecified atom stereocenters. The quantitative estimate of drug-likeness (QED) is 0.489. The molecule has 0 spiro atoms. The fourth-order valence-electron chi connectivity index (χ4n) is 3.28. The van der Waals surface area contributed by atoms with Crippen LogP contribution in [0.15, 0.2) is 77.9 Å². The number of amides is 1. The molecule has 0 radical (unpaired) electrons. The molecule has 9 heteroatoms. The number of aromatic nitrogens is 2. The van der Waals surface area contributed by atoms with Gasteiger partial charge in [-0.2, -0.15) is 13.2 Å². The summed E-state index contributed by atoms with van der Waals surface area (Å²) < 4.78 is 44.5. The Balaban J connectivity index is 1.56. The Hall–Kier alpha value is -4.14. The van der Waals surface area contributed by atoms with E-state index in [1.54, 1.807) is 31.5 Å². The highest BCUT2D eigenvalue weighted by atomic mass is 19.4. The van der Waals surface area contributed by atoms with E-state index in [0.717, 1.165) is 23.3 Å². The third-order valence-corrected chi connectivity index (χ3v) is 5.10. The van der Waals surface area contributed by atoms with E-state index in [9.17, 15) is 22.8 Å². The van der Waals surface area contributed by atoms with Gasteiger partial charge in [0.25, 0.3) is 11.5 Å². The van der Waals surface area contributed by atoms with E-state index in [2.05, 4.69) is 10.3 Å². The van der Waals surface area contributed by atoms with Crippen molar-refractivity contribution in [1.29, 1.82) is 0 Å². The summed E-state index contributed by atoms with van der Waals surface area (Å²) in [5, 5.41) is 2.55. The largest absolute Gasteiger partial charge is 0.497 e. The summed E-state index contributed by atoms with van der Waals surface area (Å²) in [5.74, 6) is 0.0297. The van der Waals surface area contributed by atoms with E-state index in [1.165, 1.54) is 22.7 Å². The van der Waals surface area contributed by atoms with Crippen molar-refractivity contribution in [1.82, 2.24) is 14.7 Å². The van der Waals surface area contributed by atoms with Crippen LogP contribution in [0.4, 0.5) is 13.2 Å². The Bertz CT molecular complexity index is 1360. The first-order valence-electron chi connectivity index (χ1n) is 9.86. The maximum atomic E-state index is 12.9. The lowest BCUT2D eigenvalue weighted by Gasteiger charge is -2.10. The van der Waals surface area contributed by atoms with Gasteiger partial charge in [-0.25, -0.2) is 4.98 Å². The van der Waals surface area contributed by atoms with Gasteiger partial charge in [-0.05, 0) is 53.1 Å². The summed E-state index contributed by atoms with van der Waals surface area (Å²) in [6, 6.07) is 15.2. The van der Waals surface area contributed by atoms with Gasteiger partial charge < -0.3 is 10.1 Å². The molecule has 0 aliphatic heterocycles. The van der Waals surface area contributed by atoms with Crippen molar-refractivity contribution in [2.45, 2.75) is 12.7 Å². The normalized spacial score (nSPS) is 11.4. The maximum absolute atomic E-state index is 12.9. The number of hydrogen-bond donors (Lipinski definition) is 1. The number of carbonyl (C=O) groups excluding carboxylic acids is 1. The molecule has 0 saturated carbocycles. The molecule has 33 heavy (non-hydrogen) atoms. The molecule has 2 aromatic carbocycles. The molecule has 0 fully saturated rings. The fraction of sp³-hybridized carbons (Fsp3) is 0.125. The predicted molar refractivity (Wildman–Crippen MR) is 116 cm³/mol. The zero-order valence-corrected chi connectivity index (χ0v) is 17.4. The van der Waals surface area contributed by atoms with Gasteiger partial charge in [0.1, 0.15) is 17.0 Å². The van der Waals surface area contributed by atoms with Crippen LogP contribution in [0.5, 0.6) is 5.75 Å². The van der Waals surface area contributed by atoms with Gasteiger partial charge in [-0.3, -0.25) is 14.0 Å². The molecular formula is C24H18F3N3O3. The van der Waals surface area contributed by atoms with Crippen LogP contribution in [-0.4, -0.2) is 22.4 Å². The van der Waals surface area contributed by atoms with Crippen LogP contribution < -0.4 is 15.6 Å². The summed E-state index contributed by atoms with van der Waals surface area (Å²) in [6.07, 6.45) is -1.65. The number of pyridine rings is 1. The van der Waals surface area contributed by atoms with E-state index in [0.29, 0.717) is 17.0 Å². The SMILES string of the molecule is COc1ccc(-c2ccc3ncc(C(=O)NCc4ccc(C(F)(F)F)cc4)c(=O)n3c2)cc1.